The molecule has 0 saturated carbocycles. The molecule has 0 unspecified atom stereocenters. The number of hydrogen-bond acceptors (Lipinski definition) is 7. The standard InChI is InChI=1S/C24H30N2O6/c1-30-20(27)9-8-14-13-26-11-10-16-15-6-4-5-7-18(15)25-22(16)19(26)12-17(14)21(23(28)31-2)24(29)32-3/h4-7,14,17,19,21,25H,8-13H2,1-3H3/t14-,17-,19+/m0/s1. The zero-order valence-corrected chi connectivity index (χ0v) is 18.8. The molecule has 2 aliphatic rings. The minimum absolute atomic E-state index is 0.0421. The summed E-state index contributed by atoms with van der Waals surface area (Å²) in [6.07, 6.45) is 2.30. The number of nitrogens with zero attached hydrogens (tertiary/aromatic N) is 1. The molecule has 2 aliphatic heterocycles. The fraction of sp³-hybridized carbons (Fsp3) is 0.542. The van der Waals surface area contributed by atoms with Crippen molar-refractivity contribution in [2.75, 3.05) is 34.4 Å². The van der Waals surface area contributed by atoms with E-state index in [1.807, 2.05) is 12.1 Å². The lowest BCUT2D eigenvalue weighted by Crippen LogP contribution is -2.50. The van der Waals surface area contributed by atoms with Gasteiger partial charge in [-0.3, -0.25) is 19.3 Å². The molecule has 2 aromatic rings. The van der Waals surface area contributed by atoms with E-state index < -0.39 is 17.9 Å². The highest BCUT2D eigenvalue weighted by molar-refractivity contribution is 5.95. The summed E-state index contributed by atoms with van der Waals surface area (Å²) in [5, 5.41) is 1.23. The second kappa shape index (κ2) is 9.32. The van der Waals surface area contributed by atoms with Gasteiger partial charge >= 0.3 is 17.9 Å². The Labute approximate surface area is 187 Å². The van der Waals surface area contributed by atoms with Gasteiger partial charge in [0.2, 0.25) is 0 Å². The molecule has 4 rings (SSSR count). The summed E-state index contributed by atoms with van der Waals surface area (Å²) < 4.78 is 14.8. The molecule has 32 heavy (non-hydrogen) atoms. The molecule has 0 amide bonds. The summed E-state index contributed by atoms with van der Waals surface area (Å²) in [5.41, 5.74) is 3.56. The number of aromatic nitrogens is 1. The smallest absolute Gasteiger partial charge is 0.320 e. The van der Waals surface area contributed by atoms with Crippen molar-refractivity contribution in [2.24, 2.45) is 17.8 Å². The van der Waals surface area contributed by atoms with Crippen LogP contribution in [0.15, 0.2) is 24.3 Å². The quantitative estimate of drug-likeness (QED) is 0.417. The molecule has 0 bridgehead atoms. The van der Waals surface area contributed by atoms with Crippen LogP contribution >= 0.6 is 0 Å². The summed E-state index contributed by atoms with van der Waals surface area (Å²) >= 11 is 0. The number of rotatable bonds is 6. The number of fused-ring (bicyclic) bond motifs is 5. The minimum atomic E-state index is -1.02. The number of hydrogen-bond donors (Lipinski definition) is 1. The number of ether oxygens (including phenoxy) is 3. The first-order valence-electron chi connectivity index (χ1n) is 11.0. The molecule has 1 aromatic heterocycles. The first kappa shape index (κ1) is 22.3. The first-order valence-corrected chi connectivity index (χ1v) is 11.0. The molecule has 1 saturated heterocycles. The monoisotopic (exact) mass is 442 g/mol. The van der Waals surface area contributed by atoms with Crippen LogP contribution in [-0.4, -0.2) is 62.2 Å². The fourth-order valence-electron chi connectivity index (χ4n) is 5.56. The van der Waals surface area contributed by atoms with Crippen LogP contribution in [0.3, 0.4) is 0 Å². The average Bonchev–Trinajstić information content (AvgIpc) is 3.21. The van der Waals surface area contributed by atoms with E-state index in [1.54, 1.807) is 0 Å². The predicted octanol–water partition coefficient (Wildman–Crippen LogP) is 2.62. The number of nitrogens with one attached hydrogen (secondary N) is 1. The van der Waals surface area contributed by atoms with Gasteiger partial charge in [-0.15, -0.1) is 0 Å². The predicted molar refractivity (Wildman–Crippen MR) is 117 cm³/mol. The van der Waals surface area contributed by atoms with Crippen LogP contribution in [0.5, 0.6) is 0 Å². The summed E-state index contributed by atoms with van der Waals surface area (Å²) in [7, 11) is 3.94. The van der Waals surface area contributed by atoms with Gasteiger partial charge in [-0.2, -0.15) is 0 Å². The second-order valence-electron chi connectivity index (χ2n) is 8.62. The Bertz CT molecular complexity index is 999. The first-order chi connectivity index (χ1) is 15.5. The number of methoxy groups -OCH3 is 3. The van der Waals surface area contributed by atoms with Crippen LogP contribution in [0.1, 0.15) is 36.6 Å². The van der Waals surface area contributed by atoms with Crippen molar-refractivity contribution in [3.63, 3.8) is 0 Å². The number of carbonyl (C=O) groups is 3. The highest BCUT2D eigenvalue weighted by Crippen LogP contribution is 2.46. The van der Waals surface area contributed by atoms with Gasteiger partial charge in [0.1, 0.15) is 0 Å². The number of benzene rings is 1. The van der Waals surface area contributed by atoms with E-state index >= 15 is 0 Å². The maximum atomic E-state index is 12.7. The van der Waals surface area contributed by atoms with Crippen molar-refractivity contribution in [3.05, 3.63) is 35.5 Å². The van der Waals surface area contributed by atoms with Gasteiger partial charge in [0.15, 0.2) is 5.92 Å². The molecule has 1 N–H and O–H groups in total. The van der Waals surface area contributed by atoms with E-state index in [0.717, 1.165) is 24.2 Å². The van der Waals surface area contributed by atoms with Gasteiger partial charge in [0, 0.05) is 36.1 Å². The molecule has 3 heterocycles. The van der Waals surface area contributed by atoms with Crippen molar-refractivity contribution in [1.82, 2.24) is 9.88 Å². The highest BCUT2D eigenvalue weighted by atomic mass is 16.5. The third-order valence-corrected chi connectivity index (χ3v) is 7.12. The van der Waals surface area contributed by atoms with Gasteiger partial charge in [-0.25, -0.2) is 0 Å². The van der Waals surface area contributed by atoms with Gasteiger partial charge in [0.25, 0.3) is 0 Å². The summed E-state index contributed by atoms with van der Waals surface area (Å²) in [5.74, 6) is -2.85. The van der Waals surface area contributed by atoms with Crippen molar-refractivity contribution in [3.8, 4) is 0 Å². The Morgan fingerprint density at radius 3 is 2.50 bits per heavy atom. The molecule has 3 atom stereocenters. The van der Waals surface area contributed by atoms with Crippen molar-refractivity contribution in [2.45, 2.75) is 31.7 Å². The number of para-hydroxylation sites is 1. The van der Waals surface area contributed by atoms with E-state index in [2.05, 4.69) is 22.0 Å². The Morgan fingerprint density at radius 1 is 1.09 bits per heavy atom. The molecular weight excluding hydrogens is 412 g/mol. The maximum absolute atomic E-state index is 12.7. The second-order valence-corrected chi connectivity index (χ2v) is 8.62. The van der Waals surface area contributed by atoms with Gasteiger partial charge in [-0.05, 0) is 42.7 Å². The Kier molecular flexibility index (Phi) is 6.50. The average molecular weight is 443 g/mol. The number of carbonyl (C=O) groups excluding carboxylic acids is 3. The number of H-pyrrole nitrogens is 1. The maximum Gasteiger partial charge on any atom is 0.320 e. The van der Waals surface area contributed by atoms with Crippen molar-refractivity contribution in [1.29, 1.82) is 0 Å². The molecular formula is C24H30N2O6. The van der Waals surface area contributed by atoms with E-state index in [-0.39, 0.29) is 30.3 Å². The molecule has 8 nitrogen and oxygen atoms in total. The Balaban J connectivity index is 1.70. The van der Waals surface area contributed by atoms with Gasteiger partial charge in [-0.1, -0.05) is 18.2 Å². The van der Waals surface area contributed by atoms with Crippen LogP contribution in [-0.2, 0) is 35.0 Å². The number of aromatic amines is 1. The number of esters is 3. The summed E-state index contributed by atoms with van der Waals surface area (Å²) in [6.45, 7) is 1.58. The van der Waals surface area contributed by atoms with Crippen LogP contribution in [0.25, 0.3) is 10.9 Å². The molecule has 0 aliphatic carbocycles. The van der Waals surface area contributed by atoms with E-state index in [1.165, 1.54) is 32.3 Å². The fourth-order valence-corrected chi connectivity index (χ4v) is 5.56. The van der Waals surface area contributed by atoms with Crippen LogP contribution in [0.2, 0.25) is 0 Å². The zero-order chi connectivity index (χ0) is 22.8. The largest absolute Gasteiger partial charge is 0.469 e. The van der Waals surface area contributed by atoms with Crippen LogP contribution < -0.4 is 0 Å². The van der Waals surface area contributed by atoms with E-state index in [9.17, 15) is 14.4 Å². The Morgan fingerprint density at radius 2 is 1.81 bits per heavy atom. The molecule has 8 heteroatoms. The normalized spacial score (nSPS) is 22.8. The van der Waals surface area contributed by atoms with Gasteiger partial charge in [0.05, 0.1) is 27.4 Å². The van der Waals surface area contributed by atoms with Crippen molar-refractivity contribution < 1.29 is 28.6 Å². The van der Waals surface area contributed by atoms with Crippen molar-refractivity contribution >= 4 is 28.8 Å². The summed E-state index contributed by atoms with van der Waals surface area (Å²) in [4.78, 5) is 43.1. The molecule has 0 radical (unpaired) electrons. The summed E-state index contributed by atoms with van der Waals surface area (Å²) in [6, 6.07) is 8.32. The number of piperidine rings is 1. The Hall–Kier alpha value is -2.87. The zero-order valence-electron chi connectivity index (χ0n) is 18.8. The SMILES string of the molecule is COC(=O)CC[C@H]1CN2CCc3c([nH]c4ccccc34)[C@H]2C[C@@H]1C(C(=O)OC)C(=O)OC. The van der Waals surface area contributed by atoms with E-state index in [0.29, 0.717) is 19.4 Å². The minimum Gasteiger partial charge on any atom is -0.469 e. The molecule has 172 valence electrons. The third kappa shape index (κ3) is 3.99. The van der Waals surface area contributed by atoms with Gasteiger partial charge < -0.3 is 19.2 Å². The molecule has 1 aromatic carbocycles. The van der Waals surface area contributed by atoms with Crippen LogP contribution in [0.4, 0.5) is 0 Å². The third-order valence-electron chi connectivity index (χ3n) is 7.12. The van der Waals surface area contributed by atoms with Crippen LogP contribution in [0, 0.1) is 17.8 Å². The highest BCUT2D eigenvalue weighted by Gasteiger charge is 2.48. The van der Waals surface area contributed by atoms with E-state index in [4.69, 9.17) is 14.2 Å². The molecule has 1 fully saturated rings. The molecule has 0 spiro atoms. The lowest BCUT2D eigenvalue weighted by molar-refractivity contribution is -0.165. The lowest BCUT2D eigenvalue weighted by atomic mass is 9.70. The topological polar surface area (TPSA) is 97.9 Å². The lowest BCUT2D eigenvalue weighted by Gasteiger charge is -2.47.